The summed E-state index contributed by atoms with van der Waals surface area (Å²) in [5.74, 6) is 0. The molecule has 0 unspecified atom stereocenters. The standard InChI is InChI=1S/BH3.2ClH.Co/h1H3;2*1H;/q;;;+2/p-2. The average Bonchev–Trinajstić information content (AvgIpc) is 0.918. The van der Waals surface area contributed by atoms with Crippen LogP contribution in [0.15, 0.2) is 0 Å². The van der Waals surface area contributed by atoms with Crippen molar-refractivity contribution in [2.24, 2.45) is 0 Å². The number of hydrogen-bond donors (Lipinski definition) is 0. The van der Waals surface area contributed by atoms with Crippen molar-refractivity contribution in [3.8, 4) is 0 Å². The van der Waals surface area contributed by atoms with Crippen molar-refractivity contribution in [2.75, 3.05) is 0 Å². The van der Waals surface area contributed by atoms with Gasteiger partial charge in [-0.1, -0.05) is 0 Å². The Morgan fingerprint density at radius 2 is 1.25 bits per heavy atom. The molecule has 0 spiro atoms. The summed E-state index contributed by atoms with van der Waals surface area (Å²) < 4.78 is 0. The second kappa shape index (κ2) is 8.91. The SMILES string of the molecule is B.[Cl][Co][Cl]. The maximum absolute atomic E-state index is 4.73. The number of hydrogen-bond acceptors (Lipinski definition) is 0. The molecular formula is H3BCl2Co. The quantitative estimate of drug-likeness (QED) is 0.425. The van der Waals surface area contributed by atoms with E-state index in [1.54, 1.807) is 0 Å². The third-order valence-electron chi connectivity index (χ3n) is 0. The number of rotatable bonds is 0. The zero-order valence-electron chi connectivity index (χ0n) is 1.09. The first-order chi connectivity index (χ1) is 1.41. The molecule has 0 aliphatic carbocycles. The third-order valence-corrected chi connectivity index (χ3v) is 0. The van der Waals surface area contributed by atoms with E-state index < -0.39 is 0 Å². The molecule has 0 bridgehead atoms. The van der Waals surface area contributed by atoms with Gasteiger partial charge in [-0.15, -0.1) is 0 Å². The van der Waals surface area contributed by atoms with Gasteiger partial charge < -0.3 is 0 Å². The van der Waals surface area contributed by atoms with Crippen molar-refractivity contribution in [3.05, 3.63) is 0 Å². The van der Waals surface area contributed by atoms with Crippen molar-refractivity contribution >= 4 is 28.7 Å². The summed E-state index contributed by atoms with van der Waals surface area (Å²) in [6, 6.07) is 0. The molecule has 0 amide bonds. The van der Waals surface area contributed by atoms with Crippen molar-refractivity contribution in [1.82, 2.24) is 0 Å². The van der Waals surface area contributed by atoms with Crippen LogP contribution in [0, 0.1) is 0 Å². The van der Waals surface area contributed by atoms with Gasteiger partial charge >= 0.3 is 33.2 Å². The first-order valence-electron chi connectivity index (χ1n) is 0.252. The zero-order chi connectivity index (χ0) is 2.71. The molecule has 0 atom stereocenters. The molecule has 4 heteroatoms. The van der Waals surface area contributed by atoms with Crippen LogP contribution in [0.25, 0.3) is 0 Å². The number of halogens is 2. The summed E-state index contributed by atoms with van der Waals surface area (Å²) in [5, 5.41) is 0. The molecule has 0 aromatic carbocycles. The Labute approximate surface area is 41.9 Å². The minimum absolute atomic E-state index is 0. The van der Waals surface area contributed by atoms with E-state index in [-0.39, 0.29) is 8.41 Å². The first kappa shape index (κ1) is 8.94. The van der Waals surface area contributed by atoms with E-state index in [0.29, 0.717) is 12.9 Å². The molecule has 29 valence electrons. The monoisotopic (exact) mass is 143 g/mol. The summed E-state index contributed by atoms with van der Waals surface area (Å²) in [6.45, 7) is 0. The van der Waals surface area contributed by atoms with Crippen LogP contribution in [0.1, 0.15) is 0 Å². The molecule has 0 heterocycles. The molecule has 0 fully saturated rings. The fourth-order valence-corrected chi connectivity index (χ4v) is 0. The third kappa shape index (κ3) is 11.0. The Morgan fingerprint density at radius 3 is 1.25 bits per heavy atom. The first-order valence-corrected chi connectivity index (χ1v) is 3.12. The van der Waals surface area contributed by atoms with Gasteiger partial charge in [0.05, 0.1) is 8.41 Å². The molecule has 0 radical (unpaired) electrons. The molecule has 0 nitrogen and oxygen atoms in total. The van der Waals surface area contributed by atoms with E-state index in [1.165, 1.54) is 0 Å². The molecular weight excluding hydrogens is 141 g/mol. The van der Waals surface area contributed by atoms with E-state index in [4.69, 9.17) is 20.3 Å². The summed E-state index contributed by atoms with van der Waals surface area (Å²) in [7, 11) is 9.47. The predicted octanol–water partition coefficient (Wildman–Crippen LogP) is 0.193. The molecule has 0 aromatic rings. The van der Waals surface area contributed by atoms with Gasteiger partial charge in [-0.25, -0.2) is 0 Å². The Balaban J connectivity index is 0. The van der Waals surface area contributed by atoms with Crippen molar-refractivity contribution < 1.29 is 12.9 Å². The molecule has 4 heavy (non-hydrogen) atoms. The van der Waals surface area contributed by atoms with Crippen LogP contribution < -0.4 is 0 Å². The van der Waals surface area contributed by atoms with Gasteiger partial charge in [0.1, 0.15) is 0 Å². The van der Waals surface area contributed by atoms with Crippen LogP contribution in [0.5, 0.6) is 0 Å². The second-order valence-corrected chi connectivity index (χ2v) is 1.77. The average molecular weight is 144 g/mol. The van der Waals surface area contributed by atoms with Gasteiger partial charge in [0.2, 0.25) is 0 Å². The van der Waals surface area contributed by atoms with Gasteiger partial charge in [-0.3, -0.25) is 0 Å². The molecule has 0 saturated heterocycles. The Hall–Kier alpha value is 1.15. The summed E-state index contributed by atoms with van der Waals surface area (Å²) in [6.07, 6.45) is 0. The van der Waals surface area contributed by atoms with Crippen molar-refractivity contribution in [1.29, 1.82) is 0 Å². The van der Waals surface area contributed by atoms with E-state index >= 15 is 0 Å². The van der Waals surface area contributed by atoms with Crippen molar-refractivity contribution in [3.63, 3.8) is 0 Å². The van der Waals surface area contributed by atoms with Gasteiger partial charge in [0.15, 0.2) is 0 Å². The zero-order valence-corrected chi connectivity index (χ0v) is 3.64. The normalized spacial score (nSPS) is 5.50. The van der Waals surface area contributed by atoms with Crippen LogP contribution >= 0.6 is 20.3 Å². The van der Waals surface area contributed by atoms with E-state index in [1.807, 2.05) is 0 Å². The van der Waals surface area contributed by atoms with Gasteiger partial charge in [-0.2, -0.15) is 0 Å². The minimum atomic E-state index is 0. The summed E-state index contributed by atoms with van der Waals surface area (Å²) in [5.41, 5.74) is 0. The molecule has 0 N–H and O–H groups in total. The Kier molecular flexibility index (Phi) is 19.9. The Bertz CT molecular complexity index is 6.00. The fourth-order valence-electron chi connectivity index (χ4n) is 0. The topological polar surface area (TPSA) is 0 Å². The molecule has 0 rings (SSSR count). The summed E-state index contributed by atoms with van der Waals surface area (Å²) >= 11 is 0.382. The maximum atomic E-state index is 4.73. The predicted molar refractivity (Wildman–Crippen MR) is 21.6 cm³/mol. The molecule has 0 aliphatic heterocycles. The van der Waals surface area contributed by atoms with Gasteiger partial charge in [0.25, 0.3) is 0 Å². The van der Waals surface area contributed by atoms with Crippen LogP contribution in [-0.4, -0.2) is 8.41 Å². The van der Waals surface area contributed by atoms with Crippen molar-refractivity contribution in [2.45, 2.75) is 0 Å². The van der Waals surface area contributed by atoms with Crippen LogP contribution in [-0.2, 0) is 12.9 Å². The molecule has 0 aliphatic rings. The molecule has 0 aromatic heterocycles. The fraction of sp³-hybridized carbons (Fsp3) is 0. The van der Waals surface area contributed by atoms with Crippen LogP contribution in [0.3, 0.4) is 0 Å². The van der Waals surface area contributed by atoms with E-state index in [2.05, 4.69) is 0 Å². The van der Waals surface area contributed by atoms with Gasteiger partial charge in [-0.05, 0) is 0 Å². The molecule has 0 saturated carbocycles. The second-order valence-electron chi connectivity index (χ2n) is 0.0476. The van der Waals surface area contributed by atoms with Crippen LogP contribution in [0.2, 0.25) is 0 Å². The van der Waals surface area contributed by atoms with E-state index in [0.717, 1.165) is 0 Å². The van der Waals surface area contributed by atoms with E-state index in [9.17, 15) is 0 Å². The summed E-state index contributed by atoms with van der Waals surface area (Å²) in [4.78, 5) is 0. The Morgan fingerprint density at radius 1 is 1.25 bits per heavy atom. The van der Waals surface area contributed by atoms with Crippen LogP contribution in [0.4, 0.5) is 0 Å². The van der Waals surface area contributed by atoms with Gasteiger partial charge in [0, 0.05) is 0 Å².